The third kappa shape index (κ3) is 4.24. The first-order valence-corrected chi connectivity index (χ1v) is 9.89. The number of aromatic nitrogens is 2. The fourth-order valence-corrected chi connectivity index (χ4v) is 4.81. The molecule has 1 N–H and O–H groups in total. The van der Waals surface area contributed by atoms with Crippen molar-refractivity contribution in [2.75, 3.05) is 5.32 Å². The van der Waals surface area contributed by atoms with Gasteiger partial charge in [0.15, 0.2) is 4.34 Å². The molecule has 0 unspecified atom stereocenters. The molecule has 8 heteroatoms. The van der Waals surface area contributed by atoms with Gasteiger partial charge in [-0.3, -0.25) is 10.1 Å². The van der Waals surface area contributed by atoms with Crippen LogP contribution in [0.1, 0.15) is 43.2 Å². The molecule has 24 heavy (non-hydrogen) atoms. The monoisotopic (exact) mass is 364 g/mol. The summed E-state index contributed by atoms with van der Waals surface area (Å²) in [5.74, 6) is 0.658. The van der Waals surface area contributed by atoms with E-state index in [0.717, 1.165) is 20.6 Å². The van der Waals surface area contributed by atoms with Gasteiger partial charge in [-0.1, -0.05) is 54.5 Å². The maximum Gasteiger partial charge on any atom is 0.272 e. The second kappa shape index (κ2) is 7.94. The van der Waals surface area contributed by atoms with Gasteiger partial charge < -0.3 is 5.32 Å². The number of hydrogen-bond acceptors (Lipinski definition) is 7. The molecule has 128 valence electrons. The molecule has 1 aliphatic rings. The lowest BCUT2D eigenvalue weighted by Gasteiger charge is -2.21. The van der Waals surface area contributed by atoms with E-state index in [-0.39, 0.29) is 10.6 Å². The summed E-state index contributed by atoms with van der Waals surface area (Å²) in [4.78, 5) is 10.7. The van der Waals surface area contributed by atoms with Crippen molar-refractivity contribution in [3.05, 3.63) is 39.4 Å². The van der Waals surface area contributed by atoms with E-state index in [9.17, 15) is 10.1 Å². The molecule has 1 aromatic carbocycles. The van der Waals surface area contributed by atoms with Crippen molar-refractivity contribution in [1.82, 2.24) is 10.2 Å². The zero-order valence-corrected chi connectivity index (χ0v) is 15.2. The topological polar surface area (TPSA) is 81.0 Å². The van der Waals surface area contributed by atoms with Crippen molar-refractivity contribution in [2.24, 2.45) is 0 Å². The Morgan fingerprint density at radius 1 is 1.33 bits per heavy atom. The molecule has 1 aliphatic carbocycles. The van der Waals surface area contributed by atoms with Crippen molar-refractivity contribution >= 4 is 33.9 Å². The normalized spacial score (nSPS) is 15.4. The highest BCUT2D eigenvalue weighted by atomic mass is 32.2. The smallest absolute Gasteiger partial charge is 0.272 e. The van der Waals surface area contributed by atoms with Crippen molar-refractivity contribution in [3.63, 3.8) is 0 Å². The van der Waals surface area contributed by atoms with Crippen LogP contribution in [0, 0.1) is 17.0 Å². The van der Waals surface area contributed by atoms with Gasteiger partial charge in [-0.15, -0.1) is 10.2 Å². The summed E-state index contributed by atoms with van der Waals surface area (Å²) in [6, 6.07) is 5.72. The lowest BCUT2D eigenvalue weighted by Crippen LogP contribution is -2.21. The predicted molar refractivity (Wildman–Crippen MR) is 97.8 cm³/mol. The summed E-state index contributed by atoms with van der Waals surface area (Å²) in [5.41, 5.74) is 1.86. The van der Waals surface area contributed by atoms with Crippen LogP contribution in [0.15, 0.2) is 22.5 Å². The van der Waals surface area contributed by atoms with E-state index < -0.39 is 0 Å². The SMILES string of the molecule is Cc1c(CSc2nnc(NC3CCCCC3)s2)cccc1[N+](=O)[O-]. The molecular formula is C16H20N4O2S2. The van der Waals surface area contributed by atoms with Crippen molar-refractivity contribution in [1.29, 1.82) is 0 Å². The minimum atomic E-state index is -0.333. The second-order valence-corrected chi connectivity index (χ2v) is 8.16. The zero-order valence-electron chi connectivity index (χ0n) is 13.5. The van der Waals surface area contributed by atoms with Crippen molar-refractivity contribution < 1.29 is 4.92 Å². The van der Waals surface area contributed by atoms with Crippen molar-refractivity contribution in [3.8, 4) is 0 Å². The minimum Gasteiger partial charge on any atom is -0.357 e. The molecule has 0 saturated heterocycles. The van der Waals surface area contributed by atoms with Crippen molar-refractivity contribution in [2.45, 2.75) is 55.2 Å². The van der Waals surface area contributed by atoms with Crippen LogP contribution in [-0.2, 0) is 5.75 Å². The van der Waals surface area contributed by atoms with Crippen LogP contribution < -0.4 is 5.32 Å². The maximum atomic E-state index is 11.0. The molecule has 1 aromatic heterocycles. The summed E-state index contributed by atoms with van der Waals surface area (Å²) in [5, 5.41) is 23.8. The van der Waals surface area contributed by atoms with E-state index in [1.165, 1.54) is 32.1 Å². The number of thioether (sulfide) groups is 1. The van der Waals surface area contributed by atoms with E-state index in [0.29, 0.717) is 11.8 Å². The Hall–Kier alpha value is -1.67. The minimum absolute atomic E-state index is 0.171. The van der Waals surface area contributed by atoms with Gasteiger partial charge in [-0.25, -0.2) is 0 Å². The largest absolute Gasteiger partial charge is 0.357 e. The molecule has 0 bridgehead atoms. The molecule has 0 amide bonds. The van der Waals surface area contributed by atoms with E-state index in [2.05, 4.69) is 15.5 Å². The molecule has 3 rings (SSSR count). The fraction of sp³-hybridized carbons (Fsp3) is 0.500. The summed E-state index contributed by atoms with van der Waals surface area (Å²) >= 11 is 3.13. The van der Waals surface area contributed by atoms with Crippen LogP contribution in [0.4, 0.5) is 10.8 Å². The highest BCUT2D eigenvalue weighted by Gasteiger charge is 2.16. The number of nitrogens with zero attached hydrogens (tertiary/aromatic N) is 3. The van der Waals surface area contributed by atoms with E-state index in [1.807, 2.05) is 6.07 Å². The van der Waals surface area contributed by atoms with Crippen LogP contribution in [0.5, 0.6) is 0 Å². The van der Waals surface area contributed by atoms with E-state index in [1.54, 1.807) is 42.2 Å². The Bertz CT molecular complexity index is 714. The van der Waals surface area contributed by atoms with Gasteiger partial charge in [0.25, 0.3) is 5.69 Å². The Labute approximate surface area is 149 Å². The molecule has 2 aromatic rings. The highest BCUT2D eigenvalue weighted by molar-refractivity contribution is 8.00. The Balaban J connectivity index is 1.59. The van der Waals surface area contributed by atoms with Gasteiger partial charge in [0.05, 0.1) is 4.92 Å². The number of nitro benzene ring substituents is 1. The van der Waals surface area contributed by atoms with Crippen LogP contribution in [0.25, 0.3) is 0 Å². The fourth-order valence-electron chi connectivity index (χ4n) is 2.91. The number of hydrogen-bond donors (Lipinski definition) is 1. The third-order valence-corrected chi connectivity index (χ3v) is 6.34. The van der Waals surface area contributed by atoms with Gasteiger partial charge >= 0.3 is 0 Å². The highest BCUT2D eigenvalue weighted by Crippen LogP contribution is 2.32. The lowest BCUT2D eigenvalue weighted by atomic mass is 9.96. The number of nitrogens with one attached hydrogen (secondary N) is 1. The predicted octanol–water partition coefficient (Wildman–Crippen LogP) is 4.79. The zero-order chi connectivity index (χ0) is 16.9. The lowest BCUT2D eigenvalue weighted by molar-refractivity contribution is -0.385. The van der Waals surface area contributed by atoms with Crippen LogP contribution >= 0.6 is 23.1 Å². The first-order valence-electron chi connectivity index (χ1n) is 8.09. The Morgan fingerprint density at radius 3 is 2.88 bits per heavy atom. The van der Waals surface area contributed by atoms with Gasteiger partial charge in [0.1, 0.15) is 0 Å². The molecular weight excluding hydrogens is 344 g/mol. The standard InChI is InChI=1S/C16H20N4O2S2/c1-11-12(6-5-9-14(11)20(21)22)10-23-16-19-18-15(24-16)17-13-7-3-2-4-8-13/h5-6,9,13H,2-4,7-8,10H2,1H3,(H,17,18). The van der Waals surface area contributed by atoms with Gasteiger partial charge in [0, 0.05) is 23.4 Å². The molecule has 1 saturated carbocycles. The molecule has 1 heterocycles. The van der Waals surface area contributed by atoms with Crippen LogP contribution in [0.2, 0.25) is 0 Å². The number of anilines is 1. The maximum absolute atomic E-state index is 11.0. The third-order valence-electron chi connectivity index (χ3n) is 4.30. The first-order chi connectivity index (χ1) is 11.6. The average Bonchev–Trinajstić information content (AvgIpc) is 3.02. The molecule has 0 atom stereocenters. The Morgan fingerprint density at radius 2 is 2.12 bits per heavy atom. The molecule has 0 spiro atoms. The summed E-state index contributed by atoms with van der Waals surface area (Å²) in [6.45, 7) is 1.80. The van der Waals surface area contributed by atoms with Gasteiger partial charge in [0.2, 0.25) is 5.13 Å². The van der Waals surface area contributed by atoms with E-state index >= 15 is 0 Å². The number of rotatable bonds is 6. The molecule has 0 aliphatic heterocycles. The number of benzene rings is 1. The number of nitro groups is 1. The Kier molecular flexibility index (Phi) is 5.68. The van der Waals surface area contributed by atoms with Gasteiger partial charge in [-0.2, -0.15) is 0 Å². The van der Waals surface area contributed by atoms with E-state index in [4.69, 9.17) is 0 Å². The molecule has 1 fully saturated rings. The van der Waals surface area contributed by atoms with Gasteiger partial charge in [-0.05, 0) is 25.3 Å². The average molecular weight is 364 g/mol. The quantitative estimate of drug-likeness (QED) is 0.451. The first kappa shape index (κ1) is 17.2. The van der Waals surface area contributed by atoms with Crippen LogP contribution in [0.3, 0.4) is 0 Å². The summed E-state index contributed by atoms with van der Waals surface area (Å²) < 4.78 is 0.888. The second-order valence-electron chi connectivity index (χ2n) is 5.96. The molecule has 6 nitrogen and oxygen atoms in total. The summed E-state index contributed by atoms with van der Waals surface area (Å²) in [6.07, 6.45) is 6.30. The summed E-state index contributed by atoms with van der Waals surface area (Å²) in [7, 11) is 0. The van der Waals surface area contributed by atoms with Crippen LogP contribution in [-0.4, -0.2) is 21.2 Å². The molecule has 0 radical (unpaired) electrons.